The minimum atomic E-state index is -4.08. The number of nitrogens with two attached hydrogens (primary N) is 1. The lowest BCUT2D eigenvalue weighted by molar-refractivity contribution is -0.119. The molecule has 0 atom stereocenters. The van der Waals surface area contributed by atoms with E-state index in [9.17, 15) is 22.8 Å². The zero-order valence-electron chi connectivity index (χ0n) is 14.6. The van der Waals surface area contributed by atoms with E-state index < -0.39 is 39.4 Å². The number of hydrogen-bond donors (Lipinski definition) is 2. The number of benzene rings is 1. The summed E-state index contributed by atoms with van der Waals surface area (Å²) in [5.41, 5.74) is 1.11. The molecule has 2 heterocycles. The average Bonchev–Trinajstić information content (AvgIpc) is 3.29. The van der Waals surface area contributed by atoms with Crippen molar-refractivity contribution >= 4 is 39.2 Å². The number of esters is 1. The molecule has 2 aromatic rings. The van der Waals surface area contributed by atoms with Gasteiger partial charge in [0, 0.05) is 24.3 Å². The van der Waals surface area contributed by atoms with Crippen LogP contribution in [0.5, 0.6) is 0 Å². The first-order valence-corrected chi connectivity index (χ1v) is 9.79. The molecule has 1 aliphatic rings. The van der Waals surface area contributed by atoms with Crippen LogP contribution in [0.1, 0.15) is 23.4 Å². The first kappa shape index (κ1) is 19.6. The number of ether oxygens (including phenoxy) is 1. The van der Waals surface area contributed by atoms with Gasteiger partial charge in [0.2, 0.25) is 16.8 Å². The SMILES string of the molecule is NS(=O)(=O)c1ccc(C(=O)OCC(=O)Nc2cccc(N3CCCC3=O)c2)o1. The molecule has 1 fully saturated rings. The number of carbonyl (C=O) groups excluding carboxylic acids is 3. The molecule has 3 rings (SSSR count). The zero-order valence-corrected chi connectivity index (χ0v) is 15.4. The van der Waals surface area contributed by atoms with Gasteiger partial charge in [0.1, 0.15) is 0 Å². The molecular formula is C17H17N3O7S. The molecule has 0 radical (unpaired) electrons. The maximum Gasteiger partial charge on any atom is 0.374 e. The first-order chi connectivity index (χ1) is 13.2. The Hall–Kier alpha value is -3.18. The van der Waals surface area contributed by atoms with Gasteiger partial charge in [-0.05, 0) is 36.8 Å². The number of primary sulfonamides is 1. The average molecular weight is 407 g/mol. The van der Waals surface area contributed by atoms with Gasteiger partial charge in [0.15, 0.2) is 6.61 Å². The molecule has 28 heavy (non-hydrogen) atoms. The Bertz CT molecular complexity index is 1030. The molecule has 11 heteroatoms. The van der Waals surface area contributed by atoms with E-state index in [-0.39, 0.29) is 5.91 Å². The van der Waals surface area contributed by atoms with Crippen molar-refractivity contribution in [2.45, 2.75) is 17.9 Å². The summed E-state index contributed by atoms with van der Waals surface area (Å²) in [6.07, 6.45) is 1.28. The summed E-state index contributed by atoms with van der Waals surface area (Å²) in [7, 11) is -4.08. The van der Waals surface area contributed by atoms with Crippen molar-refractivity contribution < 1.29 is 32.0 Å². The van der Waals surface area contributed by atoms with Crippen LogP contribution in [0, 0.1) is 0 Å². The smallest absolute Gasteiger partial charge is 0.374 e. The molecule has 0 aliphatic carbocycles. The van der Waals surface area contributed by atoms with Crippen molar-refractivity contribution in [2.75, 3.05) is 23.4 Å². The van der Waals surface area contributed by atoms with Crippen molar-refractivity contribution in [3.8, 4) is 0 Å². The number of carbonyl (C=O) groups is 3. The van der Waals surface area contributed by atoms with Crippen molar-refractivity contribution in [1.29, 1.82) is 0 Å². The number of hydrogen-bond acceptors (Lipinski definition) is 7. The van der Waals surface area contributed by atoms with Gasteiger partial charge in [-0.2, -0.15) is 0 Å². The van der Waals surface area contributed by atoms with Crippen LogP contribution >= 0.6 is 0 Å². The largest absolute Gasteiger partial charge is 0.450 e. The maximum absolute atomic E-state index is 12.0. The van der Waals surface area contributed by atoms with Gasteiger partial charge in [-0.3, -0.25) is 9.59 Å². The lowest BCUT2D eigenvalue weighted by Crippen LogP contribution is -2.24. The predicted octanol–water partition coefficient (Wildman–Crippen LogP) is 0.849. The Morgan fingerprint density at radius 3 is 2.68 bits per heavy atom. The summed E-state index contributed by atoms with van der Waals surface area (Å²) in [4.78, 5) is 37.3. The first-order valence-electron chi connectivity index (χ1n) is 8.24. The highest BCUT2D eigenvalue weighted by Gasteiger charge is 2.22. The van der Waals surface area contributed by atoms with Crippen LogP contribution in [-0.4, -0.2) is 39.4 Å². The van der Waals surface area contributed by atoms with E-state index in [0.717, 1.165) is 18.6 Å². The van der Waals surface area contributed by atoms with Crippen LogP contribution < -0.4 is 15.4 Å². The highest BCUT2D eigenvalue weighted by Crippen LogP contribution is 2.24. The molecule has 10 nitrogen and oxygen atoms in total. The van der Waals surface area contributed by atoms with E-state index in [2.05, 4.69) is 5.32 Å². The Labute approximate surface area is 160 Å². The zero-order chi connectivity index (χ0) is 20.3. The van der Waals surface area contributed by atoms with E-state index in [1.54, 1.807) is 29.2 Å². The van der Waals surface area contributed by atoms with Crippen molar-refractivity contribution in [3.05, 3.63) is 42.2 Å². The second-order valence-corrected chi connectivity index (χ2v) is 7.48. The second kappa shape index (κ2) is 7.82. The third-order valence-electron chi connectivity index (χ3n) is 3.91. The van der Waals surface area contributed by atoms with Gasteiger partial charge in [-0.25, -0.2) is 18.4 Å². The third kappa shape index (κ3) is 4.56. The molecule has 0 bridgehead atoms. The Morgan fingerprint density at radius 1 is 1.25 bits per heavy atom. The van der Waals surface area contributed by atoms with Crippen LogP contribution in [0.2, 0.25) is 0 Å². The van der Waals surface area contributed by atoms with Gasteiger partial charge in [0.05, 0.1) is 0 Å². The predicted molar refractivity (Wildman–Crippen MR) is 97.0 cm³/mol. The van der Waals surface area contributed by atoms with E-state index in [4.69, 9.17) is 14.3 Å². The van der Waals surface area contributed by atoms with E-state index in [1.807, 2.05) is 0 Å². The second-order valence-electron chi connectivity index (χ2n) is 5.99. The van der Waals surface area contributed by atoms with Gasteiger partial charge < -0.3 is 19.4 Å². The molecular weight excluding hydrogens is 390 g/mol. The number of furan rings is 1. The normalized spacial score (nSPS) is 14.2. The van der Waals surface area contributed by atoms with E-state index in [1.165, 1.54) is 0 Å². The minimum absolute atomic E-state index is 0.0229. The molecule has 1 aromatic carbocycles. The minimum Gasteiger partial charge on any atom is -0.450 e. The van der Waals surface area contributed by atoms with Crippen molar-refractivity contribution in [2.24, 2.45) is 5.14 Å². The number of anilines is 2. The number of rotatable bonds is 6. The lowest BCUT2D eigenvalue weighted by Gasteiger charge is -2.16. The Morgan fingerprint density at radius 2 is 2.04 bits per heavy atom. The number of nitrogens with one attached hydrogen (secondary N) is 1. The summed E-state index contributed by atoms with van der Waals surface area (Å²) >= 11 is 0. The fourth-order valence-electron chi connectivity index (χ4n) is 2.65. The summed E-state index contributed by atoms with van der Waals surface area (Å²) in [5, 5.41) is 6.85. The van der Waals surface area contributed by atoms with Crippen molar-refractivity contribution in [1.82, 2.24) is 0 Å². The molecule has 0 saturated carbocycles. The van der Waals surface area contributed by atoms with Gasteiger partial charge >= 0.3 is 5.97 Å². The molecule has 0 unspecified atom stereocenters. The van der Waals surface area contributed by atoms with Crippen molar-refractivity contribution in [3.63, 3.8) is 0 Å². The fraction of sp³-hybridized carbons (Fsp3) is 0.235. The molecule has 1 aliphatic heterocycles. The fourth-order valence-corrected chi connectivity index (χ4v) is 3.12. The van der Waals surface area contributed by atoms with Crippen LogP contribution in [0.4, 0.5) is 11.4 Å². The van der Waals surface area contributed by atoms with Crippen LogP contribution in [0.15, 0.2) is 45.9 Å². The third-order valence-corrected chi connectivity index (χ3v) is 4.69. The summed E-state index contributed by atoms with van der Waals surface area (Å²) in [6.45, 7) is 0.00855. The number of nitrogens with zero attached hydrogens (tertiary/aromatic N) is 1. The summed E-state index contributed by atoms with van der Waals surface area (Å²) in [6, 6.07) is 8.83. The van der Waals surface area contributed by atoms with Crippen LogP contribution in [0.3, 0.4) is 0 Å². The molecule has 0 spiro atoms. The quantitative estimate of drug-likeness (QED) is 0.674. The highest BCUT2D eigenvalue weighted by atomic mass is 32.2. The monoisotopic (exact) mass is 407 g/mol. The van der Waals surface area contributed by atoms with Gasteiger partial charge in [-0.15, -0.1) is 0 Å². The van der Waals surface area contributed by atoms with Crippen LogP contribution in [0.25, 0.3) is 0 Å². The van der Waals surface area contributed by atoms with Gasteiger partial charge in [0.25, 0.3) is 15.9 Å². The lowest BCUT2D eigenvalue weighted by atomic mass is 10.2. The molecule has 1 aromatic heterocycles. The molecule has 2 amide bonds. The standard InChI is InChI=1S/C17H17N3O7S/c18-28(24,25)16-7-6-13(27-16)17(23)26-10-14(21)19-11-3-1-4-12(9-11)20-8-2-5-15(20)22/h1,3-4,6-7,9H,2,5,8,10H2,(H,19,21)(H2,18,24,25). The summed E-state index contributed by atoms with van der Waals surface area (Å²) < 4.78 is 31.8. The summed E-state index contributed by atoms with van der Waals surface area (Å²) in [5.74, 6) is -2.00. The Kier molecular flexibility index (Phi) is 5.47. The topological polar surface area (TPSA) is 149 Å². The molecule has 3 N–H and O–H groups in total. The maximum atomic E-state index is 12.0. The number of amides is 2. The van der Waals surface area contributed by atoms with Gasteiger partial charge in [-0.1, -0.05) is 6.07 Å². The Balaban J connectivity index is 1.56. The molecule has 148 valence electrons. The highest BCUT2D eigenvalue weighted by molar-refractivity contribution is 7.89. The number of sulfonamides is 1. The van der Waals surface area contributed by atoms with E-state index in [0.29, 0.717) is 24.3 Å². The molecule has 1 saturated heterocycles. The van der Waals surface area contributed by atoms with E-state index >= 15 is 0 Å². The van der Waals surface area contributed by atoms with Crippen LogP contribution in [-0.2, 0) is 24.3 Å².